The predicted molar refractivity (Wildman–Crippen MR) is 104 cm³/mol. The summed E-state index contributed by atoms with van der Waals surface area (Å²) in [5.41, 5.74) is 1.40. The van der Waals surface area contributed by atoms with E-state index in [1.165, 1.54) is 10.6 Å². The zero-order chi connectivity index (χ0) is 16.6. The Morgan fingerprint density at radius 3 is 2.54 bits per heavy atom. The van der Waals surface area contributed by atoms with E-state index in [1.54, 1.807) is 0 Å². The van der Waals surface area contributed by atoms with Gasteiger partial charge in [0, 0.05) is 39.8 Å². The van der Waals surface area contributed by atoms with Crippen molar-refractivity contribution >= 4 is 22.3 Å². The van der Waals surface area contributed by atoms with Crippen molar-refractivity contribution in [1.82, 2.24) is 10.2 Å². The van der Waals surface area contributed by atoms with E-state index in [0.717, 1.165) is 51.5 Å². The Kier molecular flexibility index (Phi) is 6.13. The lowest BCUT2D eigenvalue weighted by Gasteiger charge is -2.37. The molecule has 1 saturated heterocycles. The van der Waals surface area contributed by atoms with E-state index in [-0.39, 0.29) is 0 Å². The molecule has 2 aromatic rings. The van der Waals surface area contributed by atoms with Crippen LogP contribution >= 0.6 is 11.3 Å². The largest absolute Gasteiger partial charge is 0.360 e. The first-order valence-electron chi connectivity index (χ1n) is 8.65. The molecule has 0 amide bonds. The van der Waals surface area contributed by atoms with E-state index < -0.39 is 0 Å². The van der Waals surface area contributed by atoms with Gasteiger partial charge >= 0.3 is 0 Å². The van der Waals surface area contributed by atoms with Gasteiger partial charge in [-0.1, -0.05) is 30.3 Å². The molecule has 1 aromatic heterocycles. The number of nitrogens with one attached hydrogen (secondary N) is 1. The normalized spacial score (nSPS) is 15.6. The minimum absolute atomic E-state index is 0.965. The highest BCUT2D eigenvalue weighted by molar-refractivity contribution is 7.14. The summed E-state index contributed by atoms with van der Waals surface area (Å²) in [6.07, 6.45) is 2.23. The predicted octanol–water partition coefficient (Wildman–Crippen LogP) is 3.08. The lowest BCUT2D eigenvalue weighted by molar-refractivity contribution is 0.373. The number of hydrogen-bond acceptors (Lipinski definition) is 3. The number of guanidine groups is 1. The Morgan fingerprint density at radius 1 is 1.08 bits per heavy atom. The van der Waals surface area contributed by atoms with Crippen LogP contribution in [0.25, 0.3) is 0 Å². The van der Waals surface area contributed by atoms with Gasteiger partial charge in [0.1, 0.15) is 0 Å². The molecule has 4 nitrogen and oxygen atoms in total. The van der Waals surface area contributed by atoms with Gasteiger partial charge in [-0.25, -0.2) is 0 Å². The van der Waals surface area contributed by atoms with Gasteiger partial charge in [-0.2, -0.15) is 0 Å². The Morgan fingerprint density at radius 2 is 1.88 bits per heavy atom. The van der Waals surface area contributed by atoms with E-state index in [0.29, 0.717) is 0 Å². The molecule has 3 rings (SSSR count). The van der Waals surface area contributed by atoms with Crippen LogP contribution in [0.5, 0.6) is 0 Å². The molecule has 2 heterocycles. The Balaban J connectivity index is 1.40. The average Bonchev–Trinajstić information content (AvgIpc) is 3.18. The van der Waals surface area contributed by atoms with Crippen LogP contribution in [0.1, 0.15) is 12.0 Å². The van der Waals surface area contributed by atoms with E-state index in [4.69, 9.17) is 0 Å². The van der Waals surface area contributed by atoms with Crippen molar-refractivity contribution in [2.75, 3.05) is 44.7 Å². The first kappa shape index (κ1) is 16.8. The number of aliphatic imine (C=N–C) groups is 1. The van der Waals surface area contributed by atoms with Crippen molar-refractivity contribution in [3.63, 3.8) is 0 Å². The van der Waals surface area contributed by atoms with Crippen LogP contribution in [0.3, 0.4) is 0 Å². The second-order valence-electron chi connectivity index (χ2n) is 5.99. The van der Waals surface area contributed by atoms with Crippen LogP contribution in [-0.4, -0.2) is 50.6 Å². The molecule has 1 aliphatic heterocycles. The maximum Gasteiger partial charge on any atom is 0.193 e. The number of nitrogens with zero attached hydrogens (tertiary/aromatic N) is 3. The molecule has 0 bridgehead atoms. The molecule has 0 aliphatic carbocycles. The summed E-state index contributed by atoms with van der Waals surface area (Å²) in [6.45, 7) is 5.13. The molecule has 0 saturated carbocycles. The number of rotatable bonds is 5. The molecule has 1 aliphatic rings. The van der Waals surface area contributed by atoms with Crippen molar-refractivity contribution in [3.05, 3.63) is 53.4 Å². The molecule has 0 atom stereocenters. The second-order valence-corrected chi connectivity index (χ2v) is 6.91. The summed E-state index contributed by atoms with van der Waals surface area (Å²) in [6, 6.07) is 15.0. The highest BCUT2D eigenvalue weighted by Crippen LogP contribution is 2.22. The van der Waals surface area contributed by atoms with Crippen LogP contribution < -0.4 is 10.2 Å². The lowest BCUT2D eigenvalue weighted by atomic mass is 10.1. The number of anilines is 1. The highest BCUT2D eigenvalue weighted by Gasteiger charge is 2.19. The van der Waals surface area contributed by atoms with Crippen molar-refractivity contribution in [3.8, 4) is 0 Å². The molecule has 1 fully saturated rings. The molecule has 0 radical (unpaired) electrons. The molecule has 0 spiro atoms. The van der Waals surface area contributed by atoms with Gasteiger partial charge in [0.15, 0.2) is 5.96 Å². The third kappa shape index (κ3) is 4.51. The van der Waals surface area contributed by atoms with Gasteiger partial charge in [-0.15, -0.1) is 11.3 Å². The zero-order valence-corrected chi connectivity index (χ0v) is 15.1. The van der Waals surface area contributed by atoms with Gasteiger partial charge in [0.25, 0.3) is 0 Å². The summed E-state index contributed by atoms with van der Waals surface area (Å²) in [7, 11) is 1.88. The van der Waals surface area contributed by atoms with Crippen molar-refractivity contribution in [2.45, 2.75) is 12.8 Å². The first-order chi connectivity index (χ1) is 11.9. The van der Waals surface area contributed by atoms with Crippen LogP contribution in [0.2, 0.25) is 0 Å². The Hall–Kier alpha value is -2.01. The number of benzene rings is 1. The molecule has 5 heteroatoms. The Labute approximate surface area is 148 Å². The zero-order valence-electron chi connectivity index (χ0n) is 14.3. The number of thiophene rings is 1. The molecular weight excluding hydrogens is 316 g/mol. The fourth-order valence-corrected chi connectivity index (χ4v) is 3.84. The number of piperazine rings is 1. The van der Waals surface area contributed by atoms with Crippen LogP contribution in [0, 0.1) is 0 Å². The molecule has 128 valence electrons. The highest BCUT2D eigenvalue weighted by atomic mass is 32.1. The summed E-state index contributed by atoms with van der Waals surface area (Å²) in [4.78, 5) is 9.29. The SMILES string of the molecule is CN=C(NCCCc1ccccc1)N1CCN(c2cccs2)CC1. The van der Waals surface area contributed by atoms with Gasteiger partial charge in [-0.3, -0.25) is 4.99 Å². The first-order valence-corrected chi connectivity index (χ1v) is 9.53. The minimum Gasteiger partial charge on any atom is -0.360 e. The van der Waals surface area contributed by atoms with Gasteiger partial charge in [0.2, 0.25) is 0 Å². The van der Waals surface area contributed by atoms with E-state index >= 15 is 0 Å². The fourth-order valence-electron chi connectivity index (χ4n) is 3.06. The summed E-state index contributed by atoms with van der Waals surface area (Å²) >= 11 is 1.82. The van der Waals surface area contributed by atoms with E-state index in [2.05, 4.69) is 68.0 Å². The number of aryl methyl sites for hydroxylation is 1. The quantitative estimate of drug-likeness (QED) is 0.515. The summed E-state index contributed by atoms with van der Waals surface area (Å²) in [5, 5.41) is 7.04. The third-order valence-electron chi connectivity index (χ3n) is 4.38. The van der Waals surface area contributed by atoms with Crippen molar-refractivity contribution < 1.29 is 0 Å². The molecule has 1 N–H and O–H groups in total. The third-order valence-corrected chi connectivity index (χ3v) is 5.31. The van der Waals surface area contributed by atoms with Crippen molar-refractivity contribution in [2.24, 2.45) is 4.99 Å². The summed E-state index contributed by atoms with van der Waals surface area (Å²) < 4.78 is 0. The average molecular weight is 343 g/mol. The van der Waals surface area contributed by atoms with Gasteiger partial charge in [0.05, 0.1) is 5.00 Å². The van der Waals surface area contributed by atoms with Crippen LogP contribution in [0.4, 0.5) is 5.00 Å². The summed E-state index contributed by atoms with van der Waals surface area (Å²) in [5.74, 6) is 1.04. The lowest BCUT2D eigenvalue weighted by Crippen LogP contribution is -2.52. The molecule has 1 aromatic carbocycles. The number of hydrogen-bond donors (Lipinski definition) is 1. The molecule has 24 heavy (non-hydrogen) atoms. The topological polar surface area (TPSA) is 30.9 Å². The standard InChI is InChI=1S/C19H26N4S/c1-20-19(21-11-5-9-17-7-3-2-4-8-17)23-14-12-22(13-15-23)18-10-6-16-24-18/h2-4,6-8,10,16H,5,9,11-15H2,1H3,(H,20,21). The van der Waals surface area contributed by atoms with Crippen LogP contribution in [-0.2, 0) is 6.42 Å². The fraction of sp³-hybridized carbons (Fsp3) is 0.421. The Bertz CT molecular complexity index is 616. The van der Waals surface area contributed by atoms with Crippen LogP contribution in [0.15, 0.2) is 52.8 Å². The minimum atomic E-state index is 0.965. The molecule has 0 unspecified atom stereocenters. The van der Waals surface area contributed by atoms with Gasteiger partial charge < -0.3 is 15.1 Å². The molecular formula is C19H26N4S. The van der Waals surface area contributed by atoms with E-state index in [9.17, 15) is 0 Å². The van der Waals surface area contributed by atoms with E-state index in [1.807, 2.05) is 18.4 Å². The smallest absolute Gasteiger partial charge is 0.193 e. The van der Waals surface area contributed by atoms with Gasteiger partial charge in [-0.05, 0) is 35.9 Å². The maximum absolute atomic E-state index is 4.46. The maximum atomic E-state index is 4.46. The second kappa shape index (κ2) is 8.73. The monoisotopic (exact) mass is 342 g/mol. The van der Waals surface area contributed by atoms with Crippen molar-refractivity contribution in [1.29, 1.82) is 0 Å².